The number of carbonyl (C=O) groups is 2. The van der Waals surface area contributed by atoms with Crippen LogP contribution >= 0.6 is 0 Å². The molecule has 166 valence electrons. The van der Waals surface area contributed by atoms with Crippen LogP contribution in [0.2, 0.25) is 0 Å². The molecule has 30 heavy (non-hydrogen) atoms. The Morgan fingerprint density at radius 3 is 2.27 bits per heavy atom. The number of hydrogen-bond donors (Lipinski definition) is 3. The minimum absolute atomic E-state index is 0.176. The molecule has 0 bridgehead atoms. The summed E-state index contributed by atoms with van der Waals surface area (Å²) in [6, 6.07) is 8.21. The number of likely N-dealkylation sites (tertiary alicyclic amines) is 1. The lowest BCUT2D eigenvalue weighted by molar-refractivity contribution is -0.133. The molecular formula is C24H38N4O2. The van der Waals surface area contributed by atoms with Gasteiger partial charge in [-0.25, -0.2) is 0 Å². The Kier molecular flexibility index (Phi) is 8.70. The second-order valence-corrected chi connectivity index (χ2v) is 8.54. The molecule has 6 nitrogen and oxygen atoms in total. The Bertz CT molecular complexity index is 677. The summed E-state index contributed by atoms with van der Waals surface area (Å²) < 4.78 is 0. The number of benzene rings is 1. The largest absolute Gasteiger partial charge is 0.374 e. The number of nitrogens with one attached hydrogen (secondary N) is 3. The minimum Gasteiger partial charge on any atom is -0.374 e. The molecular weight excluding hydrogens is 376 g/mol. The Balaban J connectivity index is 0.00000124. The molecule has 3 aliphatic rings. The van der Waals surface area contributed by atoms with Gasteiger partial charge in [-0.2, -0.15) is 0 Å². The van der Waals surface area contributed by atoms with E-state index in [0.717, 1.165) is 11.6 Å². The molecule has 0 aromatic heterocycles. The first-order chi connectivity index (χ1) is 14.7. The highest BCUT2D eigenvalue weighted by molar-refractivity contribution is 6.01. The molecule has 1 unspecified atom stereocenters. The van der Waals surface area contributed by atoms with E-state index in [1.807, 2.05) is 13.8 Å². The minimum atomic E-state index is -0.318. The lowest BCUT2D eigenvalue weighted by atomic mass is 9.88. The molecule has 0 radical (unpaired) electrons. The van der Waals surface area contributed by atoms with Crippen molar-refractivity contribution in [1.29, 1.82) is 0 Å². The highest BCUT2D eigenvalue weighted by Gasteiger charge is 2.27. The standard InChI is InChI=1S/C22H32N4O2.C2H6/c27-21-6-5-20(22(28)25-21)24-19-3-1-17(2-4-19)18-9-13-26(14-10-18)15-16-7-11-23-12-8-16;1-2/h1-4,16,18,20,23-24H,5-15H2,(H,25,27,28);1-2H3. The van der Waals surface area contributed by atoms with Crippen molar-refractivity contribution >= 4 is 17.5 Å². The van der Waals surface area contributed by atoms with Crippen molar-refractivity contribution in [3.8, 4) is 0 Å². The van der Waals surface area contributed by atoms with Gasteiger partial charge in [0.25, 0.3) is 0 Å². The topological polar surface area (TPSA) is 73.5 Å². The number of imide groups is 1. The zero-order valence-electron chi connectivity index (χ0n) is 18.6. The van der Waals surface area contributed by atoms with Crippen molar-refractivity contribution in [2.75, 3.05) is 38.0 Å². The maximum absolute atomic E-state index is 11.9. The van der Waals surface area contributed by atoms with Crippen LogP contribution in [0.3, 0.4) is 0 Å². The molecule has 3 saturated heterocycles. The predicted molar refractivity (Wildman–Crippen MR) is 122 cm³/mol. The maximum Gasteiger partial charge on any atom is 0.249 e. The van der Waals surface area contributed by atoms with E-state index in [0.29, 0.717) is 18.8 Å². The fourth-order valence-corrected chi connectivity index (χ4v) is 4.76. The van der Waals surface area contributed by atoms with Crippen molar-refractivity contribution < 1.29 is 9.59 Å². The van der Waals surface area contributed by atoms with Gasteiger partial charge < -0.3 is 15.5 Å². The second kappa shape index (κ2) is 11.5. The Hall–Kier alpha value is -1.92. The van der Waals surface area contributed by atoms with E-state index in [-0.39, 0.29) is 17.9 Å². The van der Waals surface area contributed by atoms with E-state index in [9.17, 15) is 9.59 Å². The van der Waals surface area contributed by atoms with Crippen molar-refractivity contribution in [1.82, 2.24) is 15.5 Å². The third-order valence-electron chi connectivity index (χ3n) is 6.52. The van der Waals surface area contributed by atoms with Crippen molar-refractivity contribution in [3.63, 3.8) is 0 Å². The molecule has 4 rings (SSSR count). The third-order valence-corrected chi connectivity index (χ3v) is 6.52. The molecule has 3 aliphatic heterocycles. The fourth-order valence-electron chi connectivity index (χ4n) is 4.76. The van der Waals surface area contributed by atoms with Gasteiger partial charge in [0.2, 0.25) is 11.8 Å². The third kappa shape index (κ3) is 6.29. The van der Waals surface area contributed by atoms with Crippen molar-refractivity contribution in [3.05, 3.63) is 29.8 Å². The lowest BCUT2D eigenvalue weighted by Gasteiger charge is -2.35. The summed E-state index contributed by atoms with van der Waals surface area (Å²) in [6.45, 7) is 10.0. The zero-order chi connectivity index (χ0) is 21.3. The summed E-state index contributed by atoms with van der Waals surface area (Å²) in [6.07, 6.45) is 6.05. The quantitative estimate of drug-likeness (QED) is 0.646. The number of amides is 2. The molecule has 2 amide bonds. The number of rotatable bonds is 5. The van der Waals surface area contributed by atoms with Gasteiger partial charge in [-0.3, -0.25) is 14.9 Å². The number of hydrogen-bond acceptors (Lipinski definition) is 5. The normalized spacial score (nSPS) is 24.0. The van der Waals surface area contributed by atoms with Crippen LogP contribution in [-0.2, 0) is 9.59 Å². The van der Waals surface area contributed by atoms with Crippen LogP contribution in [0.25, 0.3) is 0 Å². The molecule has 1 atom stereocenters. The molecule has 1 aromatic rings. The van der Waals surface area contributed by atoms with Gasteiger partial charge in [0.15, 0.2) is 0 Å². The van der Waals surface area contributed by atoms with Crippen LogP contribution in [0.1, 0.15) is 63.9 Å². The number of anilines is 1. The lowest BCUT2D eigenvalue weighted by Crippen LogP contribution is -2.47. The molecule has 0 saturated carbocycles. The fraction of sp³-hybridized carbons (Fsp3) is 0.667. The van der Waals surface area contributed by atoms with E-state index in [1.54, 1.807) is 0 Å². The van der Waals surface area contributed by atoms with Crippen LogP contribution in [0, 0.1) is 5.92 Å². The van der Waals surface area contributed by atoms with E-state index in [2.05, 4.69) is 45.1 Å². The Morgan fingerprint density at radius 2 is 1.63 bits per heavy atom. The SMILES string of the molecule is CC.O=C1CCC(Nc2ccc(C3CCN(CC4CCNCC4)CC3)cc2)C(=O)N1. The molecule has 1 aromatic carbocycles. The summed E-state index contributed by atoms with van der Waals surface area (Å²) in [5, 5.41) is 9.11. The molecule has 3 heterocycles. The summed E-state index contributed by atoms with van der Waals surface area (Å²) in [5.74, 6) is 1.11. The second-order valence-electron chi connectivity index (χ2n) is 8.54. The van der Waals surface area contributed by atoms with Gasteiger partial charge in [-0.15, -0.1) is 0 Å². The Morgan fingerprint density at radius 1 is 0.967 bits per heavy atom. The van der Waals surface area contributed by atoms with Gasteiger partial charge >= 0.3 is 0 Å². The first kappa shape index (κ1) is 22.8. The molecule has 0 spiro atoms. The first-order valence-corrected chi connectivity index (χ1v) is 11.8. The van der Waals surface area contributed by atoms with E-state index in [1.165, 1.54) is 64.0 Å². The van der Waals surface area contributed by atoms with Gasteiger partial charge in [0.05, 0.1) is 0 Å². The predicted octanol–water partition coefficient (Wildman–Crippen LogP) is 3.11. The van der Waals surface area contributed by atoms with Gasteiger partial charge in [0, 0.05) is 18.7 Å². The van der Waals surface area contributed by atoms with Crippen LogP contribution < -0.4 is 16.0 Å². The van der Waals surface area contributed by atoms with Gasteiger partial charge in [-0.1, -0.05) is 26.0 Å². The molecule has 3 fully saturated rings. The van der Waals surface area contributed by atoms with Crippen molar-refractivity contribution in [2.24, 2.45) is 5.92 Å². The summed E-state index contributed by atoms with van der Waals surface area (Å²) in [7, 11) is 0. The average molecular weight is 415 g/mol. The van der Waals surface area contributed by atoms with Crippen LogP contribution in [0.15, 0.2) is 24.3 Å². The zero-order valence-corrected chi connectivity index (χ0v) is 18.6. The summed E-state index contributed by atoms with van der Waals surface area (Å²) in [4.78, 5) is 25.8. The highest BCUT2D eigenvalue weighted by Crippen LogP contribution is 2.30. The van der Waals surface area contributed by atoms with Crippen molar-refractivity contribution in [2.45, 2.75) is 64.3 Å². The molecule has 0 aliphatic carbocycles. The molecule has 6 heteroatoms. The average Bonchev–Trinajstić information content (AvgIpc) is 2.79. The van der Waals surface area contributed by atoms with Crippen LogP contribution in [0.5, 0.6) is 0 Å². The van der Waals surface area contributed by atoms with Gasteiger partial charge in [0.1, 0.15) is 6.04 Å². The molecule has 3 N–H and O–H groups in total. The maximum atomic E-state index is 11.9. The number of piperidine rings is 3. The van der Waals surface area contributed by atoms with E-state index < -0.39 is 0 Å². The highest BCUT2D eigenvalue weighted by atomic mass is 16.2. The van der Waals surface area contributed by atoms with E-state index in [4.69, 9.17) is 0 Å². The Labute approximate surface area is 181 Å². The monoisotopic (exact) mass is 414 g/mol. The summed E-state index contributed by atoms with van der Waals surface area (Å²) >= 11 is 0. The smallest absolute Gasteiger partial charge is 0.249 e. The number of nitrogens with zero attached hydrogens (tertiary/aromatic N) is 1. The van der Waals surface area contributed by atoms with Crippen LogP contribution in [-0.4, -0.2) is 55.5 Å². The van der Waals surface area contributed by atoms with Crippen LogP contribution in [0.4, 0.5) is 5.69 Å². The number of carbonyl (C=O) groups excluding carboxylic acids is 2. The summed E-state index contributed by atoms with van der Waals surface area (Å²) in [5.41, 5.74) is 2.34. The first-order valence-electron chi connectivity index (χ1n) is 11.8. The van der Waals surface area contributed by atoms with Gasteiger partial charge in [-0.05, 0) is 87.8 Å². The van der Waals surface area contributed by atoms with E-state index >= 15 is 0 Å².